The lowest BCUT2D eigenvalue weighted by atomic mass is 10.4. The quantitative estimate of drug-likeness (QED) is 0.800. The van der Waals surface area contributed by atoms with Crippen molar-refractivity contribution >= 4 is 28.0 Å². The Balaban J connectivity index is 2.90. The Morgan fingerprint density at radius 3 is 2.87 bits per heavy atom. The van der Waals surface area contributed by atoms with E-state index in [1.165, 1.54) is 18.4 Å². The van der Waals surface area contributed by atoms with Crippen molar-refractivity contribution in [3.05, 3.63) is 10.9 Å². The first-order valence-electron chi connectivity index (χ1n) is 4.78. The highest BCUT2D eigenvalue weighted by Crippen LogP contribution is 2.31. The van der Waals surface area contributed by atoms with Crippen LogP contribution in [-0.2, 0) is 4.74 Å². The molecule has 0 unspecified atom stereocenters. The van der Waals surface area contributed by atoms with E-state index < -0.39 is 0 Å². The number of carbonyl (C=O) groups is 1. The van der Waals surface area contributed by atoms with Gasteiger partial charge in [0.1, 0.15) is 4.88 Å². The lowest BCUT2D eigenvalue weighted by molar-refractivity contribution is 0.0607. The van der Waals surface area contributed by atoms with Crippen LogP contribution in [0.3, 0.4) is 0 Å². The Morgan fingerprint density at radius 1 is 1.67 bits per heavy atom. The van der Waals surface area contributed by atoms with E-state index in [1.54, 1.807) is 0 Å². The fraction of sp³-hybridized carbons (Fsp3) is 0.500. The maximum Gasteiger partial charge on any atom is 0.350 e. The van der Waals surface area contributed by atoms with E-state index in [4.69, 9.17) is 5.73 Å². The van der Waals surface area contributed by atoms with Crippen LogP contribution in [0.4, 0.5) is 10.7 Å². The normalized spacial score (nSPS) is 10.1. The van der Waals surface area contributed by atoms with Crippen molar-refractivity contribution in [1.29, 1.82) is 0 Å². The molecule has 2 N–H and O–H groups in total. The molecule has 0 aromatic carbocycles. The summed E-state index contributed by atoms with van der Waals surface area (Å²) in [6, 6.07) is 1.81. The summed E-state index contributed by atoms with van der Waals surface area (Å²) in [4.78, 5) is 13.9. The molecule has 1 heterocycles. The minimum Gasteiger partial charge on any atom is -0.465 e. The fourth-order valence-electron chi connectivity index (χ4n) is 1.28. The molecule has 1 aromatic rings. The molecule has 0 radical (unpaired) electrons. The number of rotatable bonds is 4. The molecule has 0 aliphatic heterocycles. The number of methoxy groups -OCH3 is 1. The third kappa shape index (κ3) is 2.62. The molecule has 0 bridgehead atoms. The summed E-state index contributed by atoms with van der Waals surface area (Å²) in [6.07, 6.45) is 1.06. The average molecular weight is 228 g/mol. The van der Waals surface area contributed by atoms with Crippen LogP contribution in [0.2, 0.25) is 0 Å². The van der Waals surface area contributed by atoms with Crippen molar-refractivity contribution in [3.63, 3.8) is 0 Å². The number of carbonyl (C=O) groups excluding carboxylic acids is 1. The second kappa shape index (κ2) is 5.02. The number of hydrogen-bond acceptors (Lipinski definition) is 5. The number of esters is 1. The van der Waals surface area contributed by atoms with Gasteiger partial charge in [-0.1, -0.05) is 6.92 Å². The van der Waals surface area contributed by atoms with Crippen LogP contribution < -0.4 is 10.6 Å². The highest BCUT2D eigenvalue weighted by Gasteiger charge is 2.16. The van der Waals surface area contributed by atoms with E-state index in [0.29, 0.717) is 10.6 Å². The first kappa shape index (κ1) is 11.8. The Kier molecular flexibility index (Phi) is 3.96. The minimum absolute atomic E-state index is 0.367. The lowest BCUT2D eigenvalue weighted by Crippen LogP contribution is -2.16. The lowest BCUT2D eigenvalue weighted by Gasteiger charge is -2.14. The van der Waals surface area contributed by atoms with E-state index in [9.17, 15) is 4.79 Å². The van der Waals surface area contributed by atoms with Crippen molar-refractivity contribution < 1.29 is 9.53 Å². The highest BCUT2D eigenvalue weighted by molar-refractivity contribution is 7.18. The van der Waals surface area contributed by atoms with Crippen LogP contribution in [0.25, 0.3) is 0 Å². The summed E-state index contributed by atoms with van der Waals surface area (Å²) >= 11 is 1.37. The Hall–Kier alpha value is -1.23. The van der Waals surface area contributed by atoms with Gasteiger partial charge in [-0.05, 0) is 12.5 Å². The molecular weight excluding hydrogens is 212 g/mol. The third-order valence-electron chi connectivity index (χ3n) is 2.05. The van der Waals surface area contributed by atoms with Crippen LogP contribution in [-0.4, -0.2) is 26.7 Å². The molecule has 5 heteroatoms. The Morgan fingerprint density at radius 2 is 2.33 bits per heavy atom. The topological polar surface area (TPSA) is 55.6 Å². The molecule has 0 aliphatic rings. The van der Waals surface area contributed by atoms with Crippen molar-refractivity contribution in [2.45, 2.75) is 13.3 Å². The van der Waals surface area contributed by atoms with Crippen LogP contribution in [0.1, 0.15) is 23.0 Å². The molecule has 1 aromatic heterocycles. The predicted molar refractivity (Wildman–Crippen MR) is 63.6 cm³/mol. The van der Waals surface area contributed by atoms with Crippen LogP contribution in [0.15, 0.2) is 6.07 Å². The Bertz CT molecular complexity index is 349. The first-order chi connectivity index (χ1) is 7.10. The van der Waals surface area contributed by atoms with Crippen molar-refractivity contribution in [1.82, 2.24) is 0 Å². The molecule has 84 valence electrons. The number of hydrogen-bond donors (Lipinski definition) is 1. The number of anilines is 2. The van der Waals surface area contributed by atoms with E-state index in [1.807, 2.05) is 13.1 Å². The smallest absolute Gasteiger partial charge is 0.350 e. The fourth-order valence-corrected chi connectivity index (χ4v) is 2.26. The number of ether oxygens (including phenoxy) is 1. The molecule has 0 saturated heterocycles. The molecule has 1 rings (SSSR count). The zero-order valence-electron chi connectivity index (χ0n) is 9.24. The number of nitrogens with zero attached hydrogens (tertiary/aromatic N) is 1. The second-order valence-corrected chi connectivity index (χ2v) is 4.31. The largest absolute Gasteiger partial charge is 0.465 e. The van der Waals surface area contributed by atoms with Gasteiger partial charge in [0.25, 0.3) is 0 Å². The van der Waals surface area contributed by atoms with E-state index in [-0.39, 0.29) is 5.97 Å². The standard InChI is InChI=1S/C10H16N2O2S/c1-4-5-12(2)8-6-7(11)9(15-8)10(13)14-3/h6H,4-5,11H2,1-3H3. The molecule has 0 spiro atoms. The minimum atomic E-state index is -0.367. The van der Waals surface area contributed by atoms with Gasteiger partial charge in [0.15, 0.2) is 0 Å². The van der Waals surface area contributed by atoms with Gasteiger partial charge in [0.05, 0.1) is 17.8 Å². The van der Waals surface area contributed by atoms with Crippen LogP contribution in [0, 0.1) is 0 Å². The van der Waals surface area contributed by atoms with Gasteiger partial charge in [0.2, 0.25) is 0 Å². The summed E-state index contributed by atoms with van der Waals surface area (Å²) in [7, 11) is 3.34. The zero-order valence-corrected chi connectivity index (χ0v) is 10.1. The third-order valence-corrected chi connectivity index (χ3v) is 3.30. The zero-order chi connectivity index (χ0) is 11.4. The molecule has 0 fully saturated rings. The average Bonchev–Trinajstić information content (AvgIpc) is 2.60. The summed E-state index contributed by atoms with van der Waals surface area (Å²) in [5.74, 6) is -0.367. The maximum absolute atomic E-state index is 11.3. The van der Waals surface area contributed by atoms with Gasteiger partial charge < -0.3 is 15.4 Å². The van der Waals surface area contributed by atoms with Gasteiger partial charge in [0, 0.05) is 13.6 Å². The van der Waals surface area contributed by atoms with Crippen molar-refractivity contribution in [3.8, 4) is 0 Å². The molecule has 15 heavy (non-hydrogen) atoms. The van der Waals surface area contributed by atoms with E-state index >= 15 is 0 Å². The molecule has 0 saturated carbocycles. The molecular formula is C10H16N2O2S. The van der Waals surface area contributed by atoms with Gasteiger partial charge in [-0.3, -0.25) is 0 Å². The van der Waals surface area contributed by atoms with Crippen LogP contribution >= 0.6 is 11.3 Å². The highest BCUT2D eigenvalue weighted by atomic mass is 32.1. The molecule has 0 amide bonds. The van der Waals surface area contributed by atoms with Gasteiger partial charge in [-0.2, -0.15) is 0 Å². The molecule has 4 nitrogen and oxygen atoms in total. The van der Waals surface area contributed by atoms with Crippen LogP contribution in [0.5, 0.6) is 0 Å². The van der Waals surface area contributed by atoms with Crippen molar-refractivity contribution in [2.24, 2.45) is 0 Å². The predicted octanol–water partition coefficient (Wildman–Crippen LogP) is 1.96. The second-order valence-electron chi connectivity index (χ2n) is 3.28. The number of nitrogens with two attached hydrogens (primary N) is 1. The number of nitrogen functional groups attached to an aromatic ring is 1. The Labute approximate surface area is 93.6 Å². The summed E-state index contributed by atoms with van der Waals surface area (Å²) < 4.78 is 4.64. The maximum atomic E-state index is 11.3. The molecule has 0 aliphatic carbocycles. The first-order valence-corrected chi connectivity index (χ1v) is 5.60. The van der Waals surface area contributed by atoms with Crippen molar-refractivity contribution in [2.75, 3.05) is 31.3 Å². The van der Waals surface area contributed by atoms with Gasteiger partial charge in [-0.25, -0.2) is 4.79 Å². The SMILES string of the molecule is CCCN(C)c1cc(N)c(C(=O)OC)s1. The summed E-state index contributed by atoms with van der Waals surface area (Å²) in [5, 5.41) is 0.995. The summed E-state index contributed by atoms with van der Waals surface area (Å²) in [5.41, 5.74) is 6.23. The molecule has 0 atom stereocenters. The van der Waals surface area contributed by atoms with Gasteiger partial charge in [-0.15, -0.1) is 11.3 Å². The monoisotopic (exact) mass is 228 g/mol. The van der Waals surface area contributed by atoms with E-state index in [0.717, 1.165) is 18.0 Å². The summed E-state index contributed by atoms with van der Waals surface area (Å²) in [6.45, 7) is 3.05. The van der Waals surface area contributed by atoms with E-state index in [2.05, 4.69) is 16.6 Å². The van der Waals surface area contributed by atoms with Gasteiger partial charge >= 0.3 is 5.97 Å². The number of thiophene rings is 1.